The zero-order valence-electron chi connectivity index (χ0n) is 12.8. The molecule has 0 aliphatic heterocycles. The van der Waals surface area contributed by atoms with Crippen LogP contribution in [0.4, 0.5) is 49.6 Å². The molecule has 0 saturated carbocycles. The molecule has 0 fully saturated rings. The van der Waals surface area contributed by atoms with Gasteiger partial charge in [-0.1, -0.05) is 12.1 Å². The first kappa shape index (κ1) is 20.8. The SMILES string of the molecule is Nc1ccc(Cn2cc(C(F)(F)C(F)(F)F)c(C(F)(F)C(F)(F)F)n2)cc1. The van der Waals surface area contributed by atoms with Crippen LogP contribution < -0.4 is 5.73 Å². The van der Waals surface area contributed by atoms with Crippen LogP contribution in [0.2, 0.25) is 0 Å². The number of benzene rings is 1. The molecule has 27 heavy (non-hydrogen) atoms. The number of aromatic nitrogens is 2. The molecule has 1 heterocycles. The molecule has 2 aromatic rings. The molecule has 0 spiro atoms. The molecule has 1 aromatic carbocycles. The molecule has 2 N–H and O–H groups in total. The van der Waals surface area contributed by atoms with Crippen LogP contribution in [-0.4, -0.2) is 22.1 Å². The summed E-state index contributed by atoms with van der Waals surface area (Å²) < 4.78 is 129. The zero-order chi connectivity index (χ0) is 20.8. The summed E-state index contributed by atoms with van der Waals surface area (Å²) in [7, 11) is 0. The topological polar surface area (TPSA) is 43.8 Å². The molecular formula is C14H9F10N3. The van der Waals surface area contributed by atoms with E-state index in [0.29, 0.717) is 0 Å². The highest BCUT2D eigenvalue weighted by atomic mass is 19.4. The maximum Gasteiger partial charge on any atom is 0.459 e. The van der Waals surface area contributed by atoms with Crippen molar-refractivity contribution in [3.05, 3.63) is 47.3 Å². The molecule has 1 aromatic heterocycles. The first-order valence-corrected chi connectivity index (χ1v) is 6.89. The van der Waals surface area contributed by atoms with Gasteiger partial charge in [-0.2, -0.15) is 49.0 Å². The van der Waals surface area contributed by atoms with Gasteiger partial charge in [0.15, 0.2) is 5.69 Å². The highest BCUT2D eigenvalue weighted by molar-refractivity contribution is 5.39. The van der Waals surface area contributed by atoms with Crippen molar-refractivity contribution >= 4 is 5.69 Å². The lowest BCUT2D eigenvalue weighted by Crippen LogP contribution is -2.40. The van der Waals surface area contributed by atoms with Crippen molar-refractivity contribution in [2.45, 2.75) is 30.7 Å². The first-order chi connectivity index (χ1) is 12.1. The number of hydrogen-bond acceptors (Lipinski definition) is 2. The van der Waals surface area contributed by atoms with Crippen molar-refractivity contribution in [3.63, 3.8) is 0 Å². The van der Waals surface area contributed by atoms with Gasteiger partial charge in [-0.3, -0.25) is 4.68 Å². The van der Waals surface area contributed by atoms with E-state index in [1.807, 2.05) is 0 Å². The number of anilines is 1. The van der Waals surface area contributed by atoms with Crippen molar-refractivity contribution < 1.29 is 43.9 Å². The minimum Gasteiger partial charge on any atom is -0.399 e. The van der Waals surface area contributed by atoms with Crippen molar-refractivity contribution in [3.8, 4) is 0 Å². The molecule has 13 heteroatoms. The molecule has 0 radical (unpaired) electrons. The summed E-state index contributed by atoms with van der Waals surface area (Å²) in [4.78, 5) is 0. The summed E-state index contributed by atoms with van der Waals surface area (Å²) in [5.41, 5.74) is 0.516. The predicted octanol–water partition coefficient (Wildman–Crippen LogP) is 4.82. The Morgan fingerprint density at radius 3 is 1.70 bits per heavy atom. The number of hydrogen-bond donors (Lipinski definition) is 1. The number of rotatable bonds is 4. The molecule has 0 amide bonds. The lowest BCUT2D eigenvalue weighted by Gasteiger charge is -2.23. The maximum absolute atomic E-state index is 13.6. The first-order valence-electron chi connectivity index (χ1n) is 6.89. The standard InChI is InChI=1S/C14H9F10N3/c15-11(16,13(19,20)21)9-6-27(5-7-1-3-8(25)4-2-7)26-10(9)12(17,18)14(22,23)24/h1-4,6H,5,25H2. The Bertz CT molecular complexity index is 759. The van der Waals surface area contributed by atoms with E-state index < -0.39 is 42.0 Å². The van der Waals surface area contributed by atoms with E-state index in [4.69, 9.17) is 5.73 Å². The summed E-state index contributed by atoms with van der Waals surface area (Å²) in [5.74, 6) is -12.0. The van der Waals surface area contributed by atoms with E-state index in [0.717, 1.165) is 0 Å². The quantitative estimate of drug-likeness (QED) is 0.581. The van der Waals surface area contributed by atoms with Gasteiger partial charge in [0, 0.05) is 11.9 Å². The van der Waals surface area contributed by atoms with Crippen LogP contribution in [0.5, 0.6) is 0 Å². The highest BCUT2D eigenvalue weighted by Crippen LogP contribution is 2.51. The third-order valence-corrected chi connectivity index (χ3v) is 3.43. The van der Waals surface area contributed by atoms with E-state index in [9.17, 15) is 43.9 Å². The largest absolute Gasteiger partial charge is 0.459 e. The molecule has 0 bridgehead atoms. The Kier molecular flexibility index (Phi) is 4.86. The minimum atomic E-state index is -6.43. The molecule has 2 rings (SSSR count). The third-order valence-electron chi connectivity index (χ3n) is 3.43. The number of halogens is 10. The Morgan fingerprint density at radius 2 is 1.26 bits per heavy atom. The molecule has 0 saturated heterocycles. The van der Waals surface area contributed by atoms with E-state index in [1.165, 1.54) is 24.3 Å². The van der Waals surface area contributed by atoms with Crippen LogP contribution in [0.1, 0.15) is 16.8 Å². The Hall–Kier alpha value is -2.47. The summed E-state index contributed by atoms with van der Waals surface area (Å²) in [6, 6.07) is 5.13. The second-order valence-corrected chi connectivity index (χ2v) is 5.47. The van der Waals surface area contributed by atoms with Crippen molar-refractivity contribution in [1.82, 2.24) is 9.78 Å². The number of nitrogen functional groups attached to an aromatic ring is 1. The average Bonchev–Trinajstić information content (AvgIpc) is 2.92. The second kappa shape index (κ2) is 6.30. The predicted molar refractivity (Wildman–Crippen MR) is 72.1 cm³/mol. The normalized spacial score (nSPS) is 13.9. The maximum atomic E-state index is 13.6. The van der Waals surface area contributed by atoms with Gasteiger partial charge in [0.1, 0.15) is 0 Å². The van der Waals surface area contributed by atoms with Gasteiger partial charge in [-0.05, 0) is 17.7 Å². The number of alkyl halides is 10. The fraction of sp³-hybridized carbons (Fsp3) is 0.357. The molecular weight excluding hydrogens is 400 g/mol. The lowest BCUT2D eigenvalue weighted by atomic mass is 10.0. The summed E-state index contributed by atoms with van der Waals surface area (Å²) in [6.07, 6.45) is -13.0. The molecule has 150 valence electrons. The van der Waals surface area contributed by atoms with Gasteiger partial charge in [-0.15, -0.1) is 0 Å². The van der Waals surface area contributed by atoms with Crippen LogP contribution in [0.25, 0.3) is 0 Å². The zero-order valence-corrected chi connectivity index (χ0v) is 12.8. The fourth-order valence-electron chi connectivity index (χ4n) is 2.06. The van der Waals surface area contributed by atoms with Gasteiger partial charge < -0.3 is 5.73 Å². The van der Waals surface area contributed by atoms with E-state index in [2.05, 4.69) is 5.10 Å². The fourth-order valence-corrected chi connectivity index (χ4v) is 2.06. The summed E-state index contributed by atoms with van der Waals surface area (Å²) in [5, 5.41) is 2.68. The summed E-state index contributed by atoms with van der Waals surface area (Å²) in [6.45, 7) is -0.644. The van der Waals surface area contributed by atoms with Crippen LogP contribution in [0, 0.1) is 0 Å². The van der Waals surface area contributed by atoms with Gasteiger partial charge >= 0.3 is 24.2 Å². The van der Waals surface area contributed by atoms with Crippen LogP contribution in [-0.2, 0) is 18.4 Å². The Labute approximate surface area is 144 Å². The van der Waals surface area contributed by atoms with Crippen LogP contribution in [0.15, 0.2) is 30.5 Å². The minimum absolute atomic E-state index is 0.148. The Balaban J connectivity index is 2.60. The van der Waals surface area contributed by atoms with E-state index in [1.54, 1.807) is 0 Å². The smallest absolute Gasteiger partial charge is 0.399 e. The average molecular weight is 409 g/mol. The van der Waals surface area contributed by atoms with Gasteiger partial charge in [-0.25, -0.2) is 0 Å². The monoisotopic (exact) mass is 409 g/mol. The van der Waals surface area contributed by atoms with Crippen molar-refractivity contribution in [1.29, 1.82) is 0 Å². The van der Waals surface area contributed by atoms with Gasteiger partial charge in [0.25, 0.3) is 0 Å². The molecule has 0 unspecified atom stereocenters. The third kappa shape index (κ3) is 3.81. The van der Waals surface area contributed by atoms with Gasteiger partial charge in [0.2, 0.25) is 0 Å². The molecule has 0 aliphatic rings. The van der Waals surface area contributed by atoms with E-state index >= 15 is 0 Å². The lowest BCUT2D eigenvalue weighted by molar-refractivity contribution is -0.302. The van der Waals surface area contributed by atoms with Crippen molar-refractivity contribution in [2.24, 2.45) is 0 Å². The van der Waals surface area contributed by atoms with Gasteiger partial charge in [0.05, 0.1) is 12.1 Å². The second-order valence-electron chi connectivity index (χ2n) is 5.47. The Morgan fingerprint density at radius 1 is 0.778 bits per heavy atom. The molecule has 0 aliphatic carbocycles. The molecule has 3 nitrogen and oxygen atoms in total. The van der Waals surface area contributed by atoms with Crippen molar-refractivity contribution in [2.75, 3.05) is 5.73 Å². The highest BCUT2D eigenvalue weighted by Gasteiger charge is 2.67. The molecule has 0 atom stereocenters. The summed E-state index contributed by atoms with van der Waals surface area (Å²) >= 11 is 0. The van der Waals surface area contributed by atoms with E-state index in [-0.39, 0.29) is 22.1 Å². The number of nitrogens with zero attached hydrogens (tertiary/aromatic N) is 2. The number of nitrogens with two attached hydrogens (primary N) is 1. The van der Waals surface area contributed by atoms with Crippen LogP contribution in [0.3, 0.4) is 0 Å². The van der Waals surface area contributed by atoms with Crippen LogP contribution >= 0.6 is 0 Å².